The summed E-state index contributed by atoms with van der Waals surface area (Å²) in [5, 5.41) is 2.59. The monoisotopic (exact) mass is 265 g/mol. The van der Waals surface area contributed by atoms with Crippen LogP contribution in [-0.2, 0) is 9.53 Å². The van der Waals surface area contributed by atoms with Crippen molar-refractivity contribution in [3.05, 3.63) is 24.3 Å². The first-order valence-corrected chi connectivity index (χ1v) is 6.11. The minimum atomic E-state index is -0.541. The number of rotatable bonds is 3. The maximum atomic E-state index is 11.5. The minimum Gasteiger partial charge on any atom is -0.444 e. The molecule has 1 aromatic carbocycles. The second-order valence-electron chi connectivity index (χ2n) is 4.98. The van der Waals surface area contributed by atoms with Gasteiger partial charge < -0.3 is 9.47 Å². The Morgan fingerprint density at radius 1 is 1.16 bits per heavy atom. The van der Waals surface area contributed by atoms with E-state index in [1.807, 2.05) is 0 Å². The summed E-state index contributed by atoms with van der Waals surface area (Å²) >= 11 is 0. The van der Waals surface area contributed by atoms with Crippen molar-refractivity contribution in [2.75, 3.05) is 5.32 Å². The highest BCUT2D eigenvalue weighted by molar-refractivity contribution is 5.85. The fourth-order valence-corrected chi connectivity index (χ4v) is 1.23. The highest BCUT2D eigenvalue weighted by Gasteiger charge is 2.16. The molecule has 0 spiro atoms. The molecule has 1 rings (SSSR count). The Labute approximate surface area is 112 Å². The number of carbonyl (C=O) groups is 2. The van der Waals surface area contributed by atoms with Crippen LogP contribution in [0.5, 0.6) is 5.75 Å². The summed E-state index contributed by atoms with van der Waals surface area (Å²) in [4.78, 5) is 22.6. The van der Waals surface area contributed by atoms with Crippen molar-refractivity contribution in [3.63, 3.8) is 0 Å². The summed E-state index contributed by atoms with van der Waals surface area (Å²) < 4.78 is 10.1. The molecule has 0 aromatic heterocycles. The average Bonchev–Trinajstić information content (AvgIpc) is 2.29. The van der Waals surface area contributed by atoms with Gasteiger partial charge in [-0.1, -0.05) is 6.92 Å². The van der Waals surface area contributed by atoms with E-state index in [0.717, 1.165) is 0 Å². The van der Waals surface area contributed by atoms with Gasteiger partial charge in [0.1, 0.15) is 11.4 Å². The number of amides is 1. The van der Waals surface area contributed by atoms with Gasteiger partial charge in [0, 0.05) is 12.1 Å². The first-order valence-electron chi connectivity index (χ1n) is 6.11. The van der Waals surface area contributed by atoms with E-state index in [1.165, 1.54) is 0 Å². The number of hydrogen-bond donors (Lipinski definition) is 1. The lowest BCUT2D eigenvalue weighted by molar-refractivity contribution is -0.134. The number of ether oxygens (including phenoxy) is 2. The van der Waals surface area contributed by atoms with E-state index in [1.54, 1.807) is 52.0 Å². The van der Waals surface area contributed by atoms with Crippen LogP contribution < -0.4 is 10.1 Å². The first kappa shape index (κ1) is 15.0. The van der Waals surface area contributed by atoms with E-state index in [9.17, 15) is 9.59 Å². The molecule has 19 heavy (non-hydrogen) atoms. The summed E-state index contributed by atoms with van der Waals surface area (Å²) in [6.45, 7) is 7.10. The molecular weight excluding hydrogens is 246 g/mol. The van der Waals surface area contributed by atoms with Crippen molar-refractivity contribution in [3.8, 4) is 5.75 Å². The lowest BCUT2D eigenvalue weighted by Gasteiger charge is -2.19. The number of benzene rings is 1. The molecule has 0 saturated carbocycles. The van der Waals surface area contributed by atoms with Gasteiger partial charge in [-0.3, -0.25) is 10.1 Å². The van der Waals surface area contributed by atoms with Crippen LogP contribution in [0, 0.1) is 0 Å². The van der Waals surface area contributed by atoms with Gasteiger partial charge in [0.2, 0.25) is 0 Å². The lowest BCUT2D eigenvalue weighted by Crippen LogP contribution is -2.27. The van der Waals surface area contributed by atoms with Crippen LogP contribution in [0.3, 0.4) is 0 Å². The van der Waals surface area contributed by atoms with Crippen LogP contribution >= 0.6 is 0 Å². The van der Waals surface area contributed by atoms with E-state index in [4.69, 9.17) is 9.47 Å². The van der Waals surface area contributed by atoms with E-state index in [-0.39, 0.29) is 5.97 Å². The number of carbonyl (C=O) groups excluding carboxylic acids is 2. The smallest absolute Gasteiger partial charge is 0.412 e. The van der Waals surface area contributed by atoms with Gasteiger partial charge in [0.25, 0.3) is 0 Å². The van der Waals surface area contributed by atoms with E-state index < -0.39 is 11.7 Å². The molecule has 1 amide bonds. The Morgan fingerprint density at radius 2 is 1.74 bits per heavy atom. The van der Waals surface area contributed by atoms with E-state index in [2.05, 4.69) is 5.32 Å². The number of hydrogen-bond acceptors (Lipinski definition) is 4. The third kappa shape index (κ3) is 5.90. The van der Waals surface area contributed by atoms with Crippen molar-refractivity contribution in [1.29, 1.82) is 0 Å². The molecule has 0 radical (unpaired) electrons. The van der Waals surface area contributed by atoms with Crippen molar-refractivity contribution in [1.82, 2.24) is 0 Å². The molecule has 1 N–H and O–H groups in total. The molecule has 0 saturated heterocycles. The fraction of sp³-hybridized carbons (Fsp3) is 0.429. The number of esters is 1. The average molecular weight is 265 g/mol. The standard InChI is InChI=1S/C14H19NO4/c1-5-12(16)18-11-8-6-10(7-9-11)15-13(17)19-14(2,3)4/h6-9H,5H2,1-4H3,(H,15,17). The molecule has 0 bridgehead atoms. The van der Waals surface area contributed by atoms with E-state index >= 15 is 0 Å². The van der Waals surface area contributed by atoms with Gasteiger partial charge in [-0.05, 0) is 45.0 Å². The normalized spacial score (nSPS) is 10.7. The second kappa shape index (κ2) is 6.22. The van der Waals surface area contributed by atoms with Crippen LogP contribution in [-0.4, -0.2) is 17.7 Å². The molecule has 0 aliphatic carbocycles. The second-order valence-corrected chi connectivity index (χ2v) is 4.98. The van der Waals surface area contributed by atoms with Crippen LogP contribution in [0.1, 0.15) is 34.1 Å². The molecule has 5 nitrogen and oxygen atoms in total. The van der Waals surface area contributed by atoms with Gasteiger partial charge in [-0.25, -0.2) is 4.79 Å². The van der Waals surface area contributed by atoms with Gasteiger partial charge in [-0.15, -0.1) is 0 Å². The predicted molar refractivity (Wildman–Crippen MR) is 72.2 cm³/mol. The Morgan fingerprint density at radius 3 is 2.21 bits per heavy atom. The molecule has 0 atom stereocenters. The lowest BCUT2D eigenvalue weighted by atomic mass is 10.2. The Kier molecular flexibility index (Phi) is 4.92. The van der Waals surface area contributed by atoms with Crippen LogP contribution in [0.2, 0.25) is 0 Å². The zero-order valence-electron chi connectivity index (χ0n) is 11.6. The minimum absolute atomic E-state index is 0.298. The van der Waals surface area contributed by atoms with Crippen LogP contribution in [0.25, 0.3) is 0 Å². The van der Waals surface area contributed by atoms with E-state index in [0.29, 0.717) is 17.9 Å². The van der Waals surface area contributed by atoms with Crippen molar-refractivity contribution < 1.29 is 19.1 Å². The molecular formula is C14H19NO4. The summed E-state index contributed by atoms with van der Waals surface area (Å²) in [5.74, 6) is 0.148. The Hall–Kier alpha value is -2.04. The molecule has 1 aromatic rings. The molecule has 0 aliphatic rings. The maximum Gasteiger partial charge on any atom is 0.412 e. The highest BCUT2D eigenvalue weighted by Crippen LogP contribution is 2.17. The Bertz CT molecular complexity index is 446. The third-order valence-electron chi connectivity index (χ3n) is 2.02. The van der Waals surface area contributed by atoms with Crippen molar-refractivity contribution >= 4 is 17.7 Å². The van der Waals surface area contributed by atoms with Gasteiger partial charge in [0.15, 0.2) is 0 Å². The molecule has 104 valence electrons. The maximum absolute atomic E-state index is 11.5. The number of anilines is 1. The van der Waals surface area contributed by atoms with Gasteiger partial charge >= 0.3 is 12.1 Å². The fourth-order valence-electron chi connectivity index (χ4n) is 1.23. The molecule has 0 unspecified atom stereocenters. The molecule has 5 heteroatoms. The van der Waals surface area contributed by atoms with Gasteiger partial charge in [0.05, 0.1) is 0 Å². The van der Waals surface area contributed by atoms with Crippen molar-refractivity contribution in [2.24, 2.45) is 0 Å². The van der Waals surface area contributed by atoms with Crippen LogP contribution in [0.4, 0.5) is 10.5 Å². The van der Waals surface area contributed by atoms with Crippen LogP contribution in [0.15, 0.2) is 24.3 Å². The zero-order chi connectivity index (χ0) is 14.5. The molecule has 0 heterocycles. The SMILES string of the molecule is CCC(=O)Oc1ccc(NC(=O)OC(C)(C)C)cc1. The topological polar surface area (TPSA) is 64.6 Å². The highest BCUT2D eigenvalue weighted by atomic mass is 16.6. The summed E-state index contributed by atoms with van der Waals surface area (Å²) in [7, 11) is 0. The third-order valence-corrected chi connectivity index (χ3v) is 2.02. The Balaban J connectivity index is 2.57. The zero-order valence-corrected chi connectivity index (χ0v) is 11.6. The largest absolute Gasteiger partial charge is 0.444 e. The summed E-state index contributed by atoms with van der Waals surface area (Å²) in [6.07, 6.45) is -0.205. The number of nitrogens with one attached hydrogen (secondary N) is 1. The first-order chi connectivity index (χ1) is 8.80. The predicted octanol–water partition coefficient (Wildman–Crippen LogP) is 3.35. The van der Waals surface area contributed by atoms with Crippen molar-refractivity contribution in [2.45, 2.75) is 39.7 Å². The summed E-state index contributed by atoms with van der Waals surface area (Å²) in [5.41, 5.74) is 0.0336. The quantitative estimate of drug-likeness (QED) is 0.672. The molecule has 0 fully saturated rings. The molecule has 0 aliphatic heterocycles. The summed E-state index contributed by atoms with van der Waals surface area (Å²) in [6, 6.07) is 6.50. The van der Waals surface area contributed by atoms with Gasteiger partial charge in [-0.2, -0.15) is 0 Å².